The predicted octanol–water partition coefficient (Wildman–Crippen LogP) is 5.40. The summed E-state index contributed by atoms with van der Waals surface area (Å²) >= 11 is 0.316. The quantitative estimate of drug-likeness (QED) is 0.427. The van der Waals surface area contributed by atoms with Gasteiger partial charge in [0.15, 0.2) is 0 Å². The number of hydrogen-bond acceptors (Lipinski definition) is 5. The van der Waals surface area contributed by atoms with Gasteiger partial charge in [-0.2, -0.15) is 8.78 Å². The van der Waals surface area contributed by atoms with Crippen LogP contribution in [0.3, 0.4) is 0 Å². The second kappa shape index (κ2) is 10.2. The summed E-state index contributed by atoms with van der Waals surface area (Å²) in [4.78, 5) is 13.1. The molecule has 10 heteroatoms. The smallest absolute Gasteiger partial charge is 0.288 e. The molecule has 0 heterocycles. The molecule has 0 saturated carbocycles. The van der Waals surface area contributed by atoms with Crippen LogP contribution < -0.4 is 14.4 Å². The molecule has 0 bridgehead atoms. The Labute approximate surface area is 195 Å². The Morgan fingerprint density at radius 2 is 1.73 bits per heavy atom. The van der Waals surface area contributed by atoms with Crippen molar-refractivity contribution in [3.05, 3.63) is 77.9 Å². The number of amides is 1. The predicted molar refractivity (Wildman–Crippen MR) is 126 cm³/mol. The van der Waals surface area contributed by atoms with Crippen LogP contribution in [0.15, 0.2) is 76.5 Å². The van der Waals surface area contributed by atoms with Gasteiger partial charge < -0.3 is 10.1 Å². The van der Waals surface area contributed by atoms with Gasteiger partial charge in [0.2, 0.25) is 0 Å². The molecule has 1 N–H and O–H groups in total. The number of thioether (sulfide) groups is 1. The molecule has 0 atom stereocenters. The number of hydrogen-bond donors (Lipinski definition) is 1. The lowest BCUT2D eigenvalue weighted by molar-refractivity contribution is 0.102. The fraction of sp³-hybridized carbons (Fsp3) is 0.174. The van der Waals surface area contributed by atoms with Gasteiger partial charge in [-0.15, -0.1) is 0 Å². The number of nitrogens with one attached hydrogen (secondary N) is 1. The molecule has 1 amide bonds. The largest absolute Gasteiger partial charge is 0.495 e. The highest BCUT2D eigenvalue weighted by molar-refractivity contribution is 7.99. The Balaban J connectivity index is 1.95. The third-order valence-electron chi connectivity index (χ3n) is 4.89. The molecule has 0 aromatic heterocycles. The van der Waals surface area contributed by atoms with E-state index in [1.54, 1.807) is 43.3 Å². The molecule has 0 saturated heterocycles. The molecule has 0 aliphatic rings. The summed E-state index contributed by atoms with van der Waals surface area (Å²) in [7, 11) is -1.19. The lowest BCUT2D eigenvalue weighted by Gasteiger charge is -2.22. The van der Waals surface area contributed by atoms with Gasteiger partial charge in [0.1, 0.15) is 5.75 Å². The van der Waals surface area contributed by atoms with Gasteiger partial charge in [0.05, 0.1) is 23.4 Å². The highest BCUT2D eigenvalue weighted by atomic mass is 32.2. The van der Waals surface area contributed by atoms with Crippen molar-refractivity contribution in [3.63, 3.8) is 0 Å². The van der Waals surface area contributed by atoms with Crippen LogP contribution in [0.4, 0.5) is 20.2 Å². The van der Waals surface area contributed by atoms with E-state index in [2.05, 4.69) is 5.32 Å². The number of para-hydroxylation sites is 3. The number of rotatable bonds is 8. The summed E-state index contributed by atoms with van der Waals surface area (Å²) in [5.74, 6) is -2.88. The van der Waals surface area contributed by atoms with Crippen LogP contribution in [0.25, 0.3) is 0 Å². The average molecular weight is 493 g/mol. The van der Waals surface area contributed by atoms with Crippen molar-refractivity contribution in [2.75, 3.05) is 23.8 Å². The molecule has 3 rings (SSSR count). The van der Waals surface area contributed by atoms with Crippen LogP contribution in [-0.4, -0.2) is 34.2 Å². The molecule has 0 aliphatic heterocycles. The zero-order chi connectivity index (χ0) is 24.2. The van der Waals surface area contributed by atoms with Gasteiger partial charge in [-0.1, -0.05) is 42.1 Å². The Morgan fingerprint density at radius 1 is 1.06 bits per heavy atom. The van der Waals surface area contributed by atoms with Crippen LogP contribution >= 0.6 is 11.8 Å². The standard InChI is InChI=1S/C23H22F2N2O4S2/c1-15-12-13-16(33(29,30)27(2)19-9-5-6-10-20(19)31-3)14-17(15)22(28)26-18-8-4-7-11-21(18)32-23(24)25/h4-14,23H,1-3H3,(H,26,28). The first kappa shape index (κ1) is 24.5. The summed E-state index contributed by atoms with van der Waals surface area (Å²) in [5.41, 5.74) is 1.20. The summed E-state index contributed by atoms with van der Waals surface area (Å²) in [5, 5.41) is 2.61. The Kier molecular flexibility index (Phi) is 7.60. The van der Waals surface area contributed by atoms with Gasteiger partial charge >= 0.3 is 0 Å². The van der Waals surface area contributed by atoms with Gasteiger partial charge in [-0.3, -0.25) is 9.10 Å². The van der Waals surface area contributed by atoms with Gasteiger partial charge in [0.25, 0.3) is 21.7 Å². The summed E-state index contributed by atoms with van der Waals surface area (Å²) in [6, 6.07) is 17.1. The van der Waals surface area contributed by atoms with Crippen LogP contribution in [0.1, 0.15) is 15.9 Å². The van der Waals surface area contributed by atoms with Crippen LogP contribution in [-0.2, 0) is 10.0 Å². The maximum Gasteiger partial charge on any atom is 0.288 e. The zero-order valence-corrected chi connectivity index (χ0v) is 19.7. The Hall–Kier alpha value is -3.11. The minimum absolute atomic E-state index is 0.0955. The molecule has 6 nitrogen and oxygen atoms in total. The average Bonchev–Trinajstić information content (AvgIpc) is 2.79. The van der Waals surface area contributed by atoms with E-state index >= 15 is 0 Å². The molecule has 33 heavy (non-hydrogen) atoms. The Bertz CT molecular complexity index is 1270. The third kappa shape index (κ3) is 5.45. The molecule has 0 spiro atoms. The Morgan fingerprint density at radius 3 is 2.42 bits per heavy atom. The molecule has 0 radical (unpaired) electrons. The molecule has 0 unspecified atom stereocenters. The number of halogens is 2. The van der Waals surface area contributed by atoms with Crippen LogP contribution in [0.5, 0.6) is 5.75 Å². The molecule has 174 valence electrons. The highest BCUT2D eigenvalue weighted by Gasteiger charge is 2.25. The number of anilines is 2. The fourth-order valence-electron chi connectivity index (χ4n) is 3.14. The van der Waals surface area contributed by atoms with Crippen LogP contribution in [0.2, 0.25) is 0 Å². The van der Waals surface area contributed by atoms with Gasteiger partial charge in [-0.05, 0) is 48.9 Å². The monoisotopic (exact) mass is 492 g/mol. The van der Waals surface area contributed by atoms with Gasteiger partial charge in [-0.25, -0.2) is 8.42 Å². The number of sulfonamides is 1. The van der Waals surface area contributed by atoms with Crippen molar-refractivity contribution in [2.24, 2.45) is 0 Å². The van der Waals surface area contributed by atoms with E-state index in [-0.39, 0.29) is 21.0 Å². The molecular weight excluding hydrogens is 470 g/mol. The molecule has 3 aromatic rings. The molecule has 3 aromatic carbocycles. The van der Waals surface area contributed by atoms with Gasteiger partial charge in [0, 0.05) is 17.5 Å². The number of methoxy groups -OCH3 is 1. The van der Waals surface area contributed by atoms with E-state index in [4.69, 9.17) is 4.74 Å². The minimum Gasteiger partial charge on any atom is -0.495 e. The number of nitrogens with zero attached hydrogens (tertiary/aromatic N) is 1. The second-order valence-corrected chi connectivity index (χ2v) is 9.95. The van der Waals surface area contributed by atoms with Crippen molar-refractivity contribution in [1.29, 1.82) is 0 Å². The van der Waals surface area contributed by atoms with E-state index in [1.807, 2.05) is 0 Å². The lowest BCUT2D eigenvalue weighted by atomic mass is 10.1. The van der Waals surface area contributed by atoms with E-state index in [1.165, 1.54) is 44.5 Å². The normalized spacial score (nSPS) is 11.3. The summed E-state index contributed by atoms with van der Waals surface area (Å²) in [6.45, 7) is 1.66. The van der Waals surface area contributed by atoms with E-state index in [9.17, 15) is 22.0 Å². The number of alkyl halides is 2. The number of carbonyl (C=O) groups excluding carboxylic acids is 1. The molecule has 0 fully saturated rings. The number of aryl methyl sites for hydroxylation is 1. The van der Waals surface area contributed by atoms with Crippen molar-refractivity contribution >= 4 is 39.1 Å². The van der Waals surface area contributed by atoms with Crippen LogP contribution in [0, 0.1) is 6.92 Å². The van der Waals surface area contributed by atoms with E-state index in [0.717, 1.165) is 4.31 Å². The van der Waals surface area contributed by atoms with Crippen molar-refractivity contribution in [3.8, 4) is 5.75 Å². The molecule has 0 aliphatic carbocycles. The summed E-state index contributed by atoms with van der Waals surface area (Å²) < 4.78 is 58.6. The first-order valence-corrected chi connectivity index (χ1v) is 12.0. The van der Waals surface area contributed by atoms with Crippen molar-refractivity contribution < 1.29 is 26.7 Å². The van der Waals surface area contributed by atoms with E-state index < -0.39 is 21.7 Å². The number of ether oxygens (including phenoxy) is 1. The first-order chi connectivity index (χ1) is 15.6. The SMILES string of the molecule is COc1ccccc1N(C)S(=O)(=O)c1ccc(C)c(C(=O)Nc2ccccc2SC(F)F)c1. The topological polar surface area (TPSA) is 75.7 Å². The first-order valence-electron chi connectivity index (χ1n) is 9.73. The molecular formula is C23H22F2N2O4S2. The number of benzene rings is 3. The highest BCUT2D eigenvalue weighted by Crippen LogP contribution is 2.33. The zero-order valence-electron chi connectivity index (χ0n) is 18.1. The third-order valence-corrected chi connectivity index (χ3v) is 7.44. The fourth-order valence-corrected chi connectivity index (χ4v) is 4.97. The lowest BCUT2D eigenvalue weighted by Crippen LogP contribution is -2.27. The second-order valence-electron chi connectivity index (χ2n) is 6.95. The van der Waals surface area contributed by atoms with Crippen molar-refractivity contribution in [2.45, 2.75) is 22.5 Å². The maximum absolute atomic E-state index is 13.3. The maximum atomic E-state index is 13.3. The van der Waals surface area contributed by atoms with Crippen molar-refractivity contribution in [1.82, 2.24) is 0 Å². The number of carbonyl (C=O) groups is 1. The summed E-state index contributed by atoms with van der Waals surface area (Å²) in [6.07, 6.45) is 0. The van der Waals surface area contributed by atoms with E-state index in [0.29, 0.717) is 28.8 Å². The minimum atomic E-state index is -4.02.